The van der Waals surface area contributed by atoms with Crippen LogP contribution in [0.4, 0.5) is 0 Å². The van der Waals surface area contributed by atoms with Crippen molar-refractivity contribution in [3.05, 3.63) is 90.5 Å². The van der Waals surface area contributed by atoms with Crippen LogP contribution in [0.25, 0.3) is 21.5 Å². The second kappa shape index (κ2) is 7.66. The molecule has 0 bridgehead atoms. The topological polar surface area (TPSA) is 83.5 Å². The van der Waals surface area contributed by atoms with Gasteiger partial charge in [0.05, 0.1) is 4.90 Å². The van der Waals surface area contributed by atoms with Crippen molar-refractivity contribution in [3.8, 4) is 0 Å². The van der Waals surface area contributed by atoms with Crippen LogP contribution in [0.1, 0.15) is 5.56 Å². The van der Waals surface area contributed by atoms with Crippen LogP contribution in [0.2, 0.25) is 0 Å². The first-order chi connectivity index (χ1) is 13.9. The predicted molar refractivity (Wildman–Crippen MR) is 113 cm³/mol. The smallest absolute Gasteiger partial charge is 0.322 e. The summed E-state index contributed by atoms with van der Waals surface area (Å²) in [6, 6.07) is 24.2. The van der Waals surface area contributed by atoms with Gasteiger partial charge in [-0.25, -0.2) is 8.42 Å². The summed E-state index contributed by atoms with van der Waals surface area (Å²) in [4.78, 5) is 11.8. The van der Waals surface area contributed by atoms with E-state index in [0.29, 0.717) is 0 Å². The first kappa shape index (κ1) is 19.1. The van der Waals surface area contributed by atoms with Gasteiger partial charge in [-0.05, 0) is 45.7 Å². The van der Waals surface area contributed by atoms with E-state index in [1.165, 1.54) is 6.07 Å². The molecule has 0 saturated heterocycles. The summed E-state index contributed by atoms with van der Waals surface area (Å²) in [5, 5.41) is 13.3. The van der Waals surface area contributed by atoms with Crippen molar-refractivity contribution in [2.24, 2.45) is 0 Å². The molecular weight excluding hydrogens is 386 g/mol. The Hall–Kier alpha value is -3.22. The number of sulfonamides is 1. The van der Waals surface area contributed by atoms with E-state index < -0.39 is 22.0 Å². The molecule has 0 spiro atoms. The highest BCUT2D eigenvalue weighted by atomic mass is 32.2. The van der Waals surface area contributed by atoms with E-state index in [2.05, 4.69) is 4.72 Å². The van der Waals surface area contributed by atoms with Gasteiger partial charge in [-0.15, -0.1) is 0 Å². The zero-order valence-electron chi connectivity index (χ0n) is 15.4. The normalized spacial score (nSPS) is 12.8. The maximum atomic E-state index is 12.8. The monoisotopic (exact) mass is 405 g/mol. The molecule has 4 aromatic rings. The molecule has 0 heterocycles. The Labute approximate surface area is 168 Å². The van der Waals surface area contributed by atoms with Crippen molar-refractivity contribution in [2.45, 2.75) is 17.4 Å². The molecule has 0 aromatic heterocycles. The molecule has 0 unspecified atom stereocenters. The van der Waals surface area contributed by atoms with Crippen molar-refractivity contribution in [3.63, 3.8) is 0 Å². The molecule has 4 aromatic carbocycles. The van der Waals surface area contributed by atoms with E-state index in [1.807, 2.05) is 66.7 Å². The van der Waals surface area contributed by atoms with Gasteiger partial charge in [0, 0.05) is 0 Å². The fraction of sp³-hybridized carbons (Fsp3) is 0.0870. The van der Waals surface area contributed by atoms with Crippen LogP contribution in [-0.2, 0) is 21.2 Å². The number of carboxylic acid groups (broad SMARTS) is 1. The lowest BCUT2D eigenvalue weighted by atomic mass is 10.0. The van der Waals surface area contributed by atoms with Gasteiger partial charge < -0.3 is 5.11 Å². The molecule has 1 atom stereocenters. The maximum Gasteiger partial charge on any atom is 0.322 e. The minimum Gasteiger partial charge on any atom is -0.480 e. The minimum absolute atomic E-state index is 0.0426. The van der Waals surface area contributed by atoms with E-state index in [0.717, 1.165) is 27.1 Å². The molecule has 0 aliphatic heterocycles. The van der Waals surface area contributed by atoms with Gasteiger partial charge >= 0.3 is 5.97 Å². The number of nitrogens with one attached hydrogen (secondary N) is 1. The fourth-order valence-electron chi connectivity index (χ4n) is 3.37. The predicted octanol–water partition coefficient (Wildman–Crippen LogP) is 3.97. The summed E-state index contributed by atoms with van der Waals surface area (Å²) in [5.41, 5.74) is 0.748. The number of hydrogen-bond donors (Lipinski definition) is 2. The van der Waals surface area contributed by atoms with Crippen molar-refractivity contribution >= 4 is 37.5 Å². The molecule has 5 nitrogen and oxygen atoms in total. The van der Waals surface area contributed by atoms with Gasteiger partial charge in [0.2, 0.25) is 10.0 Å². The van der Waals surface area contributed by atoms with Gasteiger partial charge in [0.25, 0.3) is 0 Å². The molecule has 0 fully saturated rings. The first-order valence-corrected chi connectivity index (χ1v) is 10.6. The largest absolute Gasteiger partial charge is 0.480 e. The number of benzene rings is 4. The summed E-state index contributed by atoms with van der Waals surface area (Å²) >= 11 is 0. The number of hydrogen-bond acceptors (Lipinski definition) is 3. The number of carboxylic acids is 1. The highest BCUT2D eigenvalue weighted by Gasteiger charge is 2.26. The Morgan fingerprint density at radius 2 is 1.34 bits per heavy atom. The van der Waals surface area contributed by atoms with Crippen LogP contribution in [0.15, 0.2) is 89.8 Å². The van der Waals surface area contributed by atoms with Crippen molar-refractivity contribution in [1.29, 1.82) is 0 Å². The number of rotatable bonds is 6. The standard InChI is InChI=1S/C23H19NO4S/c25-23(26)22(14-16-9-10-17-5-1-3-7-19(17)13-16)24-29(27,28)21-12-11-18-6-2-4-8-20(18)15-21/h1-13,15,22,24H,14H2,(H,25,26)/t22-/m1/s1. The maximum absolute atomic E-state index is 12.8. The molecule has 0 aliphatic carbocycles. The lowest BCUT2D eigenvalue weighted by Gasteiger charge is -2.16. The Morgan fingerprint density at radius 3 is 1.97 bits per heavy atom. The van der Waals surface area contributed by atoms with Crippen LogP contribution in [-0.4, -0.2) is 25.5 Å². The molecule has 4 rings (SSSR count). The summed E-state index contributed by atoms with van der Waals surface area (Å²) in [7, 11) is -3.99. The van der Waals surface area contributed by atoms with E-state index in [1.54, 1.807) is 12.1 Å². The number of aliphatic carboxylic acids is 1. The zero-order valence-corrected chi connectivity index (χ0v) is 16.3. The van der Waals surface area contributed by atoms with Crippen molar-refractivity contribution in [1.82, 2.24) is 4.72 Å². The number of fused-ring (bicyclic) bond motifs is 2. The first-order valence-electron chi connectivity index (χ1n) is 9.14. The molecule has 6 heteroatoms. The van der Waals surface area contributed by atoms with E-state index in [9.17, 15) is 18.3 Å². The zero-order chi connectivity index (χ0) is 20.4. The van der Waals surface area contributed by atoms with Gasteiger partial charge in [-0.2, -0.15) is 4.72 Å². The molecule has 0 aliphatic rings. The SMILES string of the molecule is O=C(O)[C@@H](Cc1ccc2ccccc2c1)NS(=O)(=O)c1ccc2ccccc2c1. The molecule has 0 radical (unpaired) electrons. The van der Waals surface area contributed by atoms with Crippen LogP contribution in [0, 0.1) is 0 Å². The van der Waals surface area contributed by atoms with Crippen molar-refractivity contribution < 1.29 is 18.3 Å². The third kappa shape index (κ3) is 4.13. The van der Waals surface area contributed by atoms with Gasteiger partial charge in [0.15, 0.2) is 0 Å². The molecule has 0 saturated carbocycles. The van der Waals surface area contributed by atoms with Crippen molar-refractivity contribution in [2.75, 3.05) is 0 Å². The molecule has 29 heavy (non-hydrogen) atoms. The van der Waals surface area contributed by atoms with Gasteiger partial charge in [-0.1, -0.05) is 72.8 Å². The summed E-state index contributed by atoms with van der Waals surface area (Å²) in [6.45, 7) is 0. The van der Waals surface area contributed by atoms with Crippen LogP contribution < -0.4 is 4.72 Å². The second-order valence-electron chi connectivity index (χ2n) is 6.91. The molecule has 146 valence electrons. The minimum atomic E-state index is -3.99. The highest BCUT2D eigenvalue weighted by molar-refractivity contribution is 7.89. The fourth-order valence-corrected chi connectivity index (χ4v) is 4.59. The second-order valence-corrected chi connectivity index (χ2v) is 8.62. The van der Waals surface area contributed by atoms with E-state index in [4.69, 9.17) is 0 Å². The summed E-state index contributed by atoms with van der Waals surface area (Å²) in [6.07, 6.45) is 0.0486. The lowest BCUT2D eigenvalue weighted by Crippen LogP contribution is -2.42. The van der Waals surface area contributed by atoms with Gasteiger partial charge in [0.1, 0.15) is 6.04 Å². The average Bonchev–Trinajstić information content (AvgIpc) is 2.72. The number of carbonyl (C=O) groups is 1. The Kier molecular flexibility index (Phi) is 5.05. The summed E-state index contributed by atoms with van der Waals surface area (Å²) < 4.78 is 28.0. The Morgan fingerprint density at radius 1 is 0.793 bits per heavy atom. The molecular formula is C23H19NO4S. The molecule has 2 N–H and O–H groups in total. The van der Waals surface area contributed by atoms with E-state index >= 15 is 0 Å². The van der Waals surface area contributed by atoms with Crippen LogP contribution >= 0.6 is 0 Å². The van der Waals surface area contributed by atoms with Gasteiger partial charge in [-0.3, -0.25) is 4.79 Å². The third-order valence-electron chi connectivity index (χ3n) is 4.88. The average molecular weight is 405 g/mol. The van der Waals surface area contributed by atoms with Crippen LogP contribution in [0.5, 0.6) is 0 Å². The van der Waals surface area contributed by atoms with E-state index in [-0.39, 0.29) is 11.3 Å². The molecule has 0 amide bonds. The lowest BCUT2D eigenvalue weighted by molar-refractivity contribution is -0.138. The van der Waals surface area contributed by atoms with Crippen LogP contribution in [0.3, 0.4) is 0 Å². The Bertz CT molecular complexity index is 1310. The highest BCUT2D eigenvalue weighted by Crippen LogP contribution is 2.20. The third-order valence-corrected chi connectivity index (χ3v) is 6.35. The Balaban J connectivity index is 1.61. The quantitative estimate of drug-likeness (QED) is 0.508. The summed E-state index contributed by atoms with van der Waals surface area (Å²) in [5.74, 6) is -1.22.